The lowest BCUT2D eigenvalue weighted by molar-refractivity contribution is -0.592. The number of aryl methyl sites for hydroxylation is 1. The zero-order valence-corrected chi connectivity index (χ0v) is 11.2. The van der Waals surface area contributed by atoms with Crippen LogP contribution in [0.25, 0.3) is 0 Å². The minimum atomic E-state index is 0.319. The number of anilines is 1. The third-order valence-electron chi connectivity index (χ3n) is 2.76. The van der Waals surface area contributed by atoms with Crippen LogP contribution in [-0.2, 0) is 0 Å². The summed E-state index contributed by atoms with van der Waals surface area (Å²) in [6.45, 7) is 1.83. The summed E-state index contributed by atoms with van der Waals surface area (Å²) in [5.74, 6) is 0.319. The van der Waals surface area contributed by atoms with E-state index in [2.05, 4.69) is 10.2 Å². The third kappa shape index (κ3) is 3.07. The molecule has 0 atom stereocenters. The van der Waals surface area contributed by atoms with Gasteiger partial charge >= 0.3 is 5.82 Å². The molecule has 0 aliphatic rings. The number of benzene rings is 1. The molecule has 0 spiro atoms. The van der Waals surface area contributed by atoms with Gasteiger partial charge in [-0.05, 0) is 48.4 Å². The number of hydrogen-bond donors (Lipinski definition) is 0. The van der Waals surface area contributed by atoms with Crippen molar-refractivity contribution in [3.8, 4) is 0 Å². The van der Waals surface area contributed by atoms with E-state index in [4.69, 9.17) is 0 Å². The van der Waals surface area contributed by atoms with Crippen LogP contribution in [-0.4, -0.2) is 14.1 Å². The van der Waals surface area contributed by atoms with Crippen molar-refractivity contribution >= 4 is 17.2 Å². The lowest BCUT2D eigenvalue weighted by Gasteiger charge is -2.11. The molecule has 5 nitrogen and oxygen atoms in total. The standard InChI is InChI=1S/C14H16N4O/c1-11-5-4-10-18(19)14(11)16-15-12-6-8-13(9-7-12)17(2)3/h4-10H,1-3H3/b16-15+. The monoisotopic (exact) mass is 256 g/mol. The van der Waals surface area contributed by atoms with Crippen molar-refractivity contribution in [2.24, 2.45) is 10.2 Å². The molecule has 19 heavy (non-hydrogen) atoms. The summed E-state index contributed by atoms with van der Waals surface area (Å²) >= 11 is 0. The molecule has 2 aromatic rings. The van der Waals surface area contributed by atoms with Gasteiger partial charge in [0.2, 0.25) is 0 Å². The molecule has 0 radical (unpaired) electrons. The van der Waals surface area contributed by atoms with E-state index in [0.29, 0.717) is 16.2 Å². The van der Waals surface area contributed by atoms with Crippen molar-refractivity contribution in [2.45, 2.75) is 6.92 Å². The third-order valence-corrected chi connectivity index (χ3v) is 2.76. The minimum Gasteiger partial charge on any atom is -0.710 e. The van der Waals surface area contributed by atoms with E-state index < -0.39 is 0 Å². The zero-order chi connectivity index (χ0) is 13.8. The maximum atomic E-state index is 11.6. The summed E-state index contributed by atoms with van der Waals surface area (Å²) in [5, 5.41) is 19.7. The quantitative estimate of drug-likeness (QED) is 0.481. The second kappa shape index (κ2) is 5.48. The minimum absolute atomic E-state index is 0.319. The Morgan fingerprint density at radius 1 is 1.05 bits per heavy atom. The van der Waals surface area contributed by atoms with E-state index in [1.807, 2.05) is 56.3 Å². The van der Waals surface area contributed by atoms with Crippen LogP contribution >= 0.6 is 0 Å². The molecule has 1 aromatic carbocycles. The maximum absolute atomic E-state index is 11.6. The second-order valence-corrected chi connectivity index (χ2v) is 4.45. The van der Waals surface area contributed by atoms with E-state index >= 15 is 0 Å². The maximum Gasteiger partial charge on any atom is 0.356 e. The first-order valence-electron chi connectivity index (χ1n) is 5.96. The number of azo groups is 1. The number of rotatable bonds is 3. The fourth-order valence-electron chi connectivity index (χ4n) is 1.63. The first-order chi connectivity index (χ1) is 9.08. The summed E-state index contributed by atoms with van der Waals surface area (Å²) in [5.41, 5.74) is 2.61. The summed E-state index contributed by atoms with van der Waals surface area (Å²) < 4.78 is 0.715. The van der Waals surface area contributed by atoms with Crippen molar-refractivity contribution in [3.05, 3.63) is 53.4 Å². The number of hydrogen-bond acceptors (Lipinski definition) is 4. The highest BCUT2D eigenvalue weighted by Crippen LogP contribution is 2.21. The predicted octanol–water partition coefficient (Wildman–Crippen LogP) is 3.11. The van der Waals surface area contributed by atoms with Crippen molar-refractivity contribution < 1.29 is 4.73 Å². The topological polar surface area (TPSA) is 54.9 Å². The van der Waals surface area contributed by atoms with Gasteiger partial charge in [0, 0.05) is 25.3 Å². The fraction of sp³-hybridized carbons (Fsp3) is 0.214. The van der Waals surface area contributed by atoms with Crippen LogP contribution in [0.4, 0.5) is 17.2 Å². The molecule has 1 aromatic heterocycles. The molecule has 0 fully saturated rings. The number of pyridine rings is 1. The van der Waals surface area contributed by atoms with Gasteiger partial charge in [-0.15, -0.1) is 0 Å². The molecular weight excluding hydrogens is 240 g/mol. The molecule has 0 aliphatic heterocycles. The van der Waals surface area contributed by atoms with Gasteiger partial charge in [0.05, 0.1) is 11.3 Å². The smallest absolute Gasteiger partial charge is 0.356 e. The van der Waals surface area contributed by atoms with Gasteiger partial charge in [0.15, 0.2) is 0 Å². The summed E-state index contributed by atoms with van der Waals surface area (Å²) in [7, 11) is 3.95. The van der Waals surface area contributed by atoms with E-state index in [1.54, 1.807) is 6.07 Å². The number of aromatic nitrogens is 1. The Morgan fingerprint density at radius 2 is 1.74 bits per heavy atom. The molecule has 98 valence electrons. The Hall–Kier alpha value is -2.43. The van der Waals surface area contributed by atoms with Gasteiger partial charge in [-0.1, -0.05) is 0 Å². The molecular formula is C14H16N4O. The average molecular weight is 256 g/mol. The van der Waals surface area contributed by atoms with Crippen LogP contribution in [0.3, 0.4) is 0 Å². The Bertz CT molecular complexity index is 571. The van der Waals surface area contributed by atoms with Gasteiger partial charge in [-0.3, -0.25) is 0 Å². The first-order valence-corrected chi connectivity index (χ1v) is 5.96. The average Bonchev–Trinajstić information content (AvgIpc) is 2.38. The molecule has 0 N–H and O–H groups in total. The molecule has 2 rings (SSSR count). The SMILES string of the molecule is Cc1ccc[n+]([O-])c1/N=N/c1ccc(N(C)C)cc1. The summed E-state index contributed by atoms with van der Waals surface area (Å²) in [6.07, 6.45) is 1.41. The molecule has 5 heteroatoms. The van der Waals surface area contributed by atoms with Gasteiger partial charge in [0.25, 0.3) is 0 Å². The van der Waals surface area contributed by atoms with Crippen molar-refractivity contribution in [3.63, 3.8) is 0 Å². The second-order valence-electron chi connectivity index (χ2n) is 4.45. The van der Waals surface area contributed by atoms with Crippen molar-refractivity contribution in [1.82, 2.24) is 0 Å². The van der Waals surface area contributed by atoms with E-state index in [9.17, 15) is 5.21 Å². The highest BCUT2D eigenvalue weighted by molar-refractivity contribution is 5.51. The fourth-order valence-corrected chi connectivity index (χ4v) is 1.63. The zero-order valence-electron chi connectivity index (χ0n) is 11.2. The largest absolute Gasteiger partial charge is 0.710 e. The predicted molar refractivity (Wildman–Crippen MR) is 75.1 cm³/mol. The van der Waals surface area contributed by atoms with Crippen LogP contribution in [0.2, 0.25) is 0 Å². The first kappa shape index (κ1) is 13.0. The normalized spacial score (nSPS) is 10.9. The van der Waals surface area contributed by atoms with Crippen LogP contribution in [0.1, 0.15) is 5.56 Å². The van der Waals surface area contributed by atoms with E-state index in [-0.39, 0.29) is 0 Å². The molecule has 0 bridgehead atoms. The molecule has 0 unspecified atom stereocenters. The Morgan fingerprint density at radius 3 is 2.32 bits per heavy atom. The molecule has 0 aliphatic carbocycles. The van der Waals surface area contributed by atoms with Gasteiger partial charge in [-0.2, -0.15) is 0 Å². The van der Waals surface area contributed by atoms with Gasteiger partial charge < -0.3 is 10.1 Å². The van der Waals surface area contributed by atoms with Crippen LogP contribution in [0.15, 0.2) is 52.8 Å². The van der Waals surface area contributed by atoms with Crippen LogP contribution in [0.5, 0.6) is 0 Å². The lowest BCUT2D eigenvalue weighted by Crippen LogP contribution is -2.25. The summed E-state index contributed by atoms with van der Waals surface area (Å²) in [6, 6.07) is 11.2. The van der Waals surface area contributed by atoms with Gasteiger partial charge in [-0.25, -0.2) is 4.73 Å². The lowest BCUT2D eigenvalue weighted by atomic mass is 10.3. The number of nitrogens with zero attached hydrogens (tertiary/aromatic N) is 4. The van der Waals surface area contributed by atoms with Crippen LogP contribution < -0.4 is 9.63 Å². The van der Waals surface area contributed by atoms with Gasteiger partial charge in [0.1, 0.15) is 5.69 Å². The van der Waals surface area contributed by atoms with Crippen LogP contribution in [0, 0.1) is 12.1 Å². The van der Waals surface area contributed by atoms with E-state index in [0.717, 1.165) is 11.3 Å². The van der Waals surface area contributed by atoms with Crippen molar-refractivity contribution in [1.29, 1.82) is 0 Å². The molecule has 0 saturated carbocycles. The van der Waals surface area contributed by atoms with Crippen molar-refractivity contribution in [2.75, 3.05) is 19.0 Å². The summed E-state index contributed by atoms with van der Waals surface area (Å²) in [4.78, 5) is 2.01. The highest BCUT2D eigenvalue weighted by atomic mass is 16.5. The highest BCUT2D eigenvalue weighted by Gasteiger charge is 2.08. The Balaban J connectivity index is 2.23. The molecule has 1 heterocycles. The molecule has 0 amide bonds. The Kier molecular flexibility index (Phi) is 3.75. The molecule has 0 saturated heterocycles. The van der Waals surface area contributed by atoms with E-state index in [1.165, 1.54) is 6.20 Å². The Labute approximate surface area is 112 Å².